The van der Waals surface area contributed by atoms with Gasteiger partial charge in [-0.25, -0.2) is 0 Å². The van der Waals surface area contributed by atoms with Crippen molar-refractivity contribution in [1.82, 2.24) is 10.6 Å². The molecule has 1 aliphatic rings. The number of piperidine rings is 1. The van der Waals surface area contributed by atoms with Crippen LogP contribution in [-0.4, -0.2) is 31.7 Å². The lowest BCUT2D eigenvalue weighted by molar-refractivity contribution is -0.0507. The molecule has 2 N–H and O–H groups in total. The van der Waals surface area contributed by atoms with Crippen LogP contribution in [0.2, 0.25) is 0 Å². The maximum Gasteiger partial charge on any atom is 0.387 e. The summed E-state index contributed by atoms with van der Waals surface area (Å²) in [6.07, 6.45) is 1.80. The van der Waals surface area contributed by atoms with Crippen molar-refractivity contribution in [1.29, 1.82) is 0 Å². The van der Waals surface area contributed by atoms with E-state index in [4.69, 9.17) is 0 Å². The summed E-state index contributed by atoms with van der Waals surface area (Å²) in [7, 11) is 0. The van der Waals surface area contributed by atoms with Crippen LogP contribution >= 0.6 is 0 Å². The number of carbonyl (C=O) groups excluding carboxylic acids is 1. The van der Waals surface area contributed by atoms with Crippen molar-refractivity contribution >= 4 is 5.91 Å². The molecule has 21 heavy (non-hydrogen) atoms. The van der Waals surface area contributed by atoms with Gasteiger partial charge in [-0.05, 0) is 63.0 Å². The molecule has 0 atom stereocenters. The summed E-state index contributed by atoms with van der Waals surface area (Å²) in [5.41, 5.74) is 1.54. The first-order valence-electron chi connectivity index (χ1n) is 7.05. The third-order valence-electron chi connectivity index (χ3n) is 3.60. The fraction of sp³-hybridized carbons (Fsp3) is 0.533. The lowest BCUT2D eigenvalue weighted by Gasteiger charge is -2.24. The van der Waals surface area contributed by atoms with E-state index in [0.29, 0.717) is 16.7 Å². The second-order valence-corrected chi connectivity index (χ2v) is 5.32. The molecule has 116 valence electrons. The van der Waals surface area contributed by atoms with Crippen LogP contribution in [0.3, 0.4) is 0 Å². The summed E-state index contributed by atoms with van der Waals surface area (Å²) in [6, 6.07) is 3.33. The Labute approximate surface area is 122 Å². The average Bonchev–Trinajstić information content (AvgIpc) is 2.43. The number of alkyl halides is 2. The Morgan fingerprint density at radius 3 is 2.38 bits per heavy atom. The maximum absolute atomic E-state index is 12.3. The number of hydrogen-bond donors (Lipinski definition) is 2. The molecular formula is C15H20F2N2O2. The summed E-state index contributed by atoms with van der Waals surface area (Å²) >= 11 is 0. The Hall–Kier alpha value is -1.69. The van der Waals surface area contributed by atoms with Crippen molar-refractivity contribution in [2.75, 3.05) is 13.1 Å². The van der Waals surface area contributed by atoms with E-state index < -0.39 is 6.61 Å². The quantitative estimate of drug-likeness (QED) is 0.897. The second-order valence-electron chi connectivity index (χ2n) is 5.32. The molecule has 1 fully saturated rings. The lowest BCUT2D eigenvalue weighted by Crippen LogP contribution is -2.42. The minimum absolute atomic E-state index is 0.142. The van der Waals surface area contributed by atoms with Gasteiger partial charge < -0.3 is 15.4 Å². The SMILES string of the molecule is Cc1cc(C(=O)NC2CCNCC2)cc(C)c1OC(F)F. The molecule has 0 aromatic heterocycles. The van der Waals surface area contributed by atoms with Crippen molar-refractivity contribution in [2.24, 2.45) is 0 Å². The van der Waals surface area contributed by atoms with Crippen LogP contribution in [0.4, 0.5) is 8.78 Å². The fourth-order valence-electron chi connectivity index (χ4n) is 2.59. The standard InChI is InChI=1S/C15H20F2N2O2/c1-9-7-11(8-10(2)13(9)21-15(16)17)14(20)19-12-3-5-18-6-4-12/h7-8,12,15,18H,3-6H2,1-2H3,(H,19,20). The van der Waals surface area contributed by atoms with Gasteiger partial charge in [-0.2, -0.15) is 8.78 Å². The molecule has 1 saturated heterocycles. The molecule has 1 heterocycles. The van der Waals surface area contributed by atoms with E-state index >= 15 is 0 Å². The summed E-state index contributed by atoms with van der Waals surface area (Å²) < 4.78 is 29.2. The zero-order chi connectivity index (χ0) is 15.4. The topological polar surface area (TPSA) is 50.4 Å². The number of amides is 1. The van der Waals surface area contributed by atoms with Crippen LogP contribution in [0.5, 0.6) is 5.75 Å². The van der Waals surface area contributed by atoms with Crippen molar-refractivity contribution in [3.05, 3.63) is 28.8 Å². The number of hydrogen-bond acceptors (Lipinski definition) is 3. The molecule has 0 unspecified atom stereocenters. The Kier molecular flexibility index (Phi) is 5.12. The Morgan fingerprint density at radius 1 is 1.29 bits per heavy atom. The van der Waals surface area contributed by atoms with Gasteiger partial charge in [0.1, 0.15) is 5.75 Å². The molecule has 1 aromatic rings. The van der Waals surface area contributed by atoms with Crippen LogP contribution in [-0.2, 0) is 0 Å². The number of nitrogens with one attached hydrogen (secondary N) is 2. The highest BCUT2D eigenvalue weighted by atomic mass is 19.3. The molecule has 0 radical (unpaired) electrons. The van der Waals surface area contributed by atoms with Gasteiger partial charge >= 0.3 is 6.61 Å². The molecule has 0 bridgehead atoms. The van der Waals surface area contributed by atoms with Gasteiger partial charge in [0.25, 0.3) is 5.91 Å². The van der Waals surface area contributed by atoms with Crippen LogP contribution in [0.25, 0.3) is 0 Å². The Balaban J connectivity index is 2.10. The van der Waals surface area contributed by atoms with Crippen LogP contribution < -0.4 is 15.4 Å². The summed E-state index contributed by atoms with van der Waals surface area (Å²) in [6.45, 7) is 2.24. The third-order valence-corrected chi connectivity index (χ3v) is 3.60. The molecule has 2 rings (SSSR count). The second kappa shape index (κ2) is 6.85. The highest BCUT2D eigenvalue weighted by Gasteiger charge is 2.18. The van der Waals surface area contributed by atoms with Gasteiger partial charge in [0.2, 0.25) is 0 Å². The van der Waals surface area contributed by atoms with E-state index in [9.17, 15) is 13.6 Å². The number of ether oxygens (including phenoxy) is 1. The zero-order valence-corrected chi connectivity index (χ0v) is 12.2. The number of benzene rings is 1. The molecule has 4 nitrogen and oxygen atoms in total. The van der Waals surface area contributed by atoms with Gasteiger partial charge in [-0.1, -0.05) is 0 Å². The van der Waals surface area contributed by atoms with Crippen LogP contribution in [0, 0.1) is 13.8 Å². The van der Waals surface area contributed by atoms with Gasteiger partial charge in [0, 0.05) is 11.6 Å². The van der Waals surface area contributed by atoms with Gasteiger partial charge in [-0.15, -0.1) is 0 Å². The first-order valence-corrected chi connectivity index (χ1v) is 7.05. The van der Waals surface area contributed by atoms with Crippen LogP contribution in [0.1, 0.15) is 34.3 Å². The van der Waals surface area contributed by atoms with Crippen LogP contribution in [0.15, 0.2) is 12.1 Å². The predicted octanol–water partition coefficient (Wildman–Crippen LogP) is 2.39. The van der Waals surface area contributed by atoms with E-state index in [-0.39, 0.29) is 17.7 Å². The molecular weight excluding hydrogens is 278 g/mol. The molecule has 1 amide bonds. The molecule has 6 heteroatoms. The molecule has 1 aliphatic heterocycles. The Bertz CT molecular complexity index is 491. The largest absolute Gasteiger partial charge is 0.434 e. The third kappa shape index (κ3) is 4.14. The van der Waals surface area contributed by atoms with Gasteiger partial charge in [0.15, 0.2) is 0 Å². The minimum atomic E-state index is -2.86. The highest BCUT2D eigenvalue weighted by molar-refractivity contribution is 5.95. The van der Waals surface area contributed by atoms with Crippen molar-refractivity contribution in [3.8, 4) is 5.75 Å². The average molecular weight is 298 g/mol. The molecule has 1 aromatic carbocycles. The van der Waals surface area contributed by atoms with E-state index in [1.54, 1.807) is 26.0 Å². The van der Waals surface area contributed by atoms with Crippen molar-refractivity contribution in [2.45, 2.75) is 39.3 Å². The first-order chi connectivity index (χ1) is 9.97. The maximum atomic E-state index is 12.3. The highest BCUT2D eigenvalue weighted by Crippen LogP contribution is 2.26. The number of carbonyl (C=O) groups is 1. The monoisotopic (exact) mass is 298 g/mol. The van der Waals surface area contributed by atoms with E-state index in [1.165, 1.54) is 0 Å². The zero-order valence-electron chi connectivity index (χ0n) is 12.2. The summed E-state index contributed by atoms with van der Waals surface area (Å²) in [5.74, 6) is -0.0277. The Morgan fingerprint density at radius 2 is 1.86 bits per heavy atom. The normalized spacial score (nSPS) is 16.0. The summed E-state index contributed by atoms with van der Waals surface area (Å²) in [4.78, 5) is 12.2. The number of aryl methyl sites for hydroxylation is 2. The smallest absolute Gasteiger partial charge is 0.387 e. The van der Waals surface area contributed by atoms with E-state index in [0.717, 1.165) is 25.9 Å². The first kappa shape index (κ1) is 15.7. The molecule has 0 aliphatic carbocycles. The van der Waals surface area contributed by atoms with E-state index in [1.807, 2.05) is 0 Å². The van der Waals surface area contributed by atoms with Crippen molar-refractivity contribution < 1.29 is 18.3 Å². The number of rotatable bonds is 4. The molecule has 0 spiro atoms. The van der Waals surface area contributed by atoms with E-state index in [2.05, 4.69) is 15.4 Å². The fourth-order valence-corrected chi connectivity index (χ4v) is 2.59. The minimum Gasteiger partial charge on any atom is -0.434 e. The summed E-state index contributed by atoms with van der Waals surface area (Å²) in [5, 5.41) is 6.21. The number of halogens is 2. The van der Waals surface area contributed by atoms with Gasteiger partial charge in [-0.3, -0.25) is 4.79 Å². The van der Waals surface area contributed by atoms with Crippen molar-refractivity contribution in [3.63, 3.8) is 0 Å². The predicted molar refractivity (Wildman–Crippen MR) is 75.9 cm³/mol. The lowest BCUT2D eigenvalue weighted by atomic mass is 10.0. The molecule has 0 saturated carbocycles. The van der Waals surface area contributed by atoms with Gasteiger partial charge in [0.05, 0.1) is 0 Å².